The number of rotatable bonds is 3. The number of carbonyl (C=O) groups excluding carboxylic acids is 2. The molecule has 2 aliphatic rings. The Hall–Kier alpha value is -2.60. The topological polar surface area (TPSA) is 56.8 Å². The number of anilines is 2. The third-order valence-corrected chi connectivity index (χ3v) is 5.91. The molecule has 0 N–H and O–H groups in total. The average molecular weight is 399 g/mol. The van der Waals surface area contributed by atoms with Crippen molar-refractivity contribution in [1.82, 2.24) is 9.88 Å². The van der Waals surface area contributed by atoms with Gasteiger partial charge in [0.1, 0.15) is 5.82 Å². The van der Waals surface area contributed by atoms with Crippen LogP contribution in [0.2, 0.25) is 5.02 Å². The molecular formula is C21H23ClN4O2. The molecule has 2 aliphatic heterocycles. The van der Waals surface area contributed by atoms with Crippen LogP contribution in [0.3, 0.4) is 0 Å². The molecule has 2 aromatic rings. The highest BCUT2D eigenvalue weighted by atomic mass is 35.5. The first kappa shape index (κ1) is 18.7. The van der Waals surface area contributed by atoms with Crippen LogP contribution in [0.15, 0.2) is 42.6 Å². The van der Waals surface area contributed by atoms with Crippen molar-refractivity contribution in [2.75, 3.05) is 42.5 Å². The Morgan fingerprint density at radius 1 is 1.14 bits per heavy atom. The fourth-order valence-electron chi connectivity index (χ4n) is 3.83. The van der Waals surface area contributed by atoms with Crippen molar-refractivity contribution in [3.8, 4) is 0 Å². The standard InChI is InChI=1S/C21H23ClN4O2/c1-15-5-6-17(13-18(15)22)26-14-16(12-20(26)27)21(28)25-10-8-24(9-11-25)19-4-2-3-7-23-19/h2-7,13,16H,8-12,14H2,1H3. The zero-order valence-corrected chi connectivity index (χ0v) is 16.6. The number of halogens is 1. The summed E-state index contributed by atoms with van der Waals surface area (Å²) >= 11 is 6.20. The van der Waals surface area contributed by atoms with Crippen LogP contribution in [0.1, 0.15) is 12.0 Å². The van der Waals surface area contributed by atoms with Gasteiger partial charge < -0.3 is 14.7 Å². The molecule has 3 heterocycles. The Balaban J connectivity index is 1.38. The number of amides is 2. The van der Waals surface area contributed by atoms with Gasteiger partial charge in [-0.2, -0.15) is 0 Å². The van der Waals surface area contributed by atoms with E-state index in [2.05, 4.69) is 9.88 Å². The summed E-state index contributed by atoms with van der Waals surface area (Å²) in [6.07, 6.45) is 2.04. The summed E-state index contributed by atoms with van der Waals surface area (Å²) in [6.45, 7) is 5.14. The van der Waals surface area contributed by atoms with Crippen LogP contribution in [0.5, 0.6) is 0 Å². The fourth-order valence-corrected chi connectivity index (χ4v) is 4.00. The minimum Gasteiger partial charge on any atom is -0.353 e. The average Bonchev–Trinajstić information content (AvgIpc) is 3.12. The van der Waals surface area contributed by atoms with Crippen molar-refractivity contribution in [3.63, 3.8) is 0 Å². The lowest BCUT2D eigenvalue weighted by Gasteiger charge is -2.36. The first-order valence-electron chi connectivity index (χ1n) is 9.54. The molecule has 0 saturated carbocycles. The summed E-state index contributed by atoms with van der Waals surface area (Å²) in [4.78, 5) is 35.6. The zero-order chi connectivity index (χ0) is 19.7. The maximum atomic E-state index is 13.0. The third-order valence-electron chi connectivity index (χ3n) is 5.51. The molecule has 0 radical (unpaired) electrons. The van der Waals surface area contributed by atoms with Crippen LogP contribution in [0, 0.1) is 12.8 Å². The van der Waals surface area contributed by atoms with E-state index in [0.29, 0.717) is 24.7 Å². The van der Waals surface area contributed by atoms with E-state index in [4.69, 9.17) is 11.6 Å². The third kappa shape index (κ3) is 3.69. The molecule has 1 aromatic heterocycles. The lowest BCUT2D eigenvalue weighted by molar-refractivity contribution is -0.136. The number of benzene rings is 1. The number of aryl methyl sites for hydroxylation is 1. The maximum absolute atomic E-state index is 13.0. The van der Waals surface area contributed by atoms with Crippen molar-refractivity contribution >= 4 is 34.9 Å². The van der Waals surface area contributed by atoms with Crippen molar-refractivity contribution in [2.45, 2.75) is 13.3 Å². The van der Waals surface area contributed by atoms with Gasteiger partial charge in [0.2, 0.25) is 11.8 Å². The summed E-state index contributed by atoms with van der Waals surface area (Å²) in [5.41, 5.74) is 1.73. The van der Waals surface area contributed by atoms with Crippen molar-refractivity contribution in [2.24, 2.45) is 5.92 Å². The van der Waals surface area contributed by atoms with E-state index in [-0.39, 0.29) is 24.2 Å². The Morgan fingerprint density at radius 2 is 1.93 bits per heavy atom. The van der Waals surface area contributed by atoms with E-state index in [0.717, 1.165) is 30.2 Å². The van der Waals surface area contributed by atoms with Gasteiger partial charge in [-0.05, 0) is 36.8 Å². The fraction of sp³-hybridized carbons (Fsp3) is 0.381. The summed E-state index contributed by atoms with van der Waals surface area (Å²) in [6, 6.07) is 11.4. The van der Waals surface area contributed by atoms with E-state index in [1.165, 1.54) is 0 Å². The lowest BCUT2D eigenvalue weighted by Crippen LogP contribution is -2.51. The van der Waals surface area contributed by atoms with E-state index in [9.17, 15) is 9.59 Å². The predicted octanol–water partition coefficient (Wildman–Crippen LogP) is 2.75. The van der Waals surface area contributed by atoms with Gasteiger partial charge in [-0.3, -0.25) is 9.59 Å². The molecule has 146 valence electrons. The number of piperazine rings is 1. The molecule has 1 atom stereocenters. The summed E-state index contributed by atoms with van der Waals surface area (Å²) in [5, 5.41) is 0.630. The SMILES string of the molecule is Cc1ccc(N2CC(C(=O)N3CCN(c4ccccn4)CC3)CC2=O)cc1Cl. The highest BCUT2D eigenvalue weighted by Gasteiger charge is 2.38. The molecule has 1 aromatic carbocycles. The monoisotopic (exact) mass is 398 g/mol. The maximum Gasteiger partial charge on any atom is 0.228 e. The van der Waals surface area contributed by atoms with E-state index >= 15 is 0 Å². The Morgan fingerprint density at radius 3 is 2.61 bits per heavy atom. The van der Waals surface area contributed by atoms with Gasteiger partial charge in [0.05, 0.1) is 5.92 Å². The largest absolute Gasteiger partial charge is 0.353 e. The van der Waals surface area contributed by atoms with Crippen LogP contribution >= 0.6 is 11.6 Å². The van der Waals surface area contributed by atoms with Gasteiger partial charge in [-0.25, -0.2) is 4.98 Å². The summed E-state index contributed by atoms with van der Waals surface area (Å²) in [5.74, 6) is 0.683. The zero-order valence-electron chi connectivity index (χ0n) is 15.8. The number of carbonyl (C=O) groups is 2. The highest BCUT2D eigenvalue weighted by molar-refractivity contribution is 6.31. The van der Waals surface area contributed by atoms with Gasteiger partial charge >= 0.3 is 0 Å². The van der Waals surface area contributed by atoms with Crippen LogP contribution in [-0.2, 0) is 9.59 Å². The molecule has 0 spiro atoms. The summed E-state index contributed by atoms with van der Waals surface area (Å²) < 4.78 is 0. The molecule has 2 saturated heterocycles. The molecule has 4 rings (SSSR count). The normalized spacial score (nSPS) is 20.0. The smallest absolute Gasteiger partial charge is 0.228 e. The molecule has 2 fully saturated rings. The Labute approximate surface area is 169 Å². The highest BCUT2D eigenvalue weighted by Crippen LogP contribution is 2.30. The molecule has 0 bridgehead atoms. The van der Waals surface area contributed by atoms with Gasteiger partial charge in [-0.1, -0.05) is 23.7 Å². The molecule has 28 heavy (non-hydrogen) atoms. The lowest BCUT2D eigenvalue weighted by atomic mass is 10.1. The van der Waals surface area contributed by atoms with Crippen LogP contribution in [-0.4, -0.2) is 54.4 Å². The van der Waals surface area contributed by atoms with Crippen molar-refractivity contribution in [1.29, 1.82) is 0 Å². The second-order valence-corrected chi connectivity index (χ2v) is 7.75. The first-order chi connectivity index (χ1) is 13.5. The van der Waals surface area contributed by atoms with Crippen molar-refractivity contribution < 1.29 is 9.59 Å². The van der Waals surface area contributed by atoms with Gasteiger partial charge in [0.25, 0.3) is 0 Å². The second kappa shape index (κ2) is 7.80. The van der Waals surface area contributed by atoms with Gasteiger partial charge in [0, 0.05) is 56.1 Å². The molecule has 1 unspecified atom stereocenters. The van der Waals surface area contributed by atoms with Crippen LogP contribution < -0.4 is 9.80 Å². The minimum absolute atomic E-state index is 0.0228. The van der Waals surface area contributed by atoms with Crippen molar-refractivity contribution in [3.05, 3.63) is 53.2 Å². The molecule has 2 amide bonds. The van der Waals surface area contributed by atoms with Gasteiger partial charge in [0.15, 0.2) is 0 Å². The molecule has 6 nitrogen and oxygen atoms in total. The number of hydrogen-bond acceptors (Lipinski definition) is 4. The quantitative estimate of drug-likeness (QED) is 0.797. The minimum atomic E-state index is -0.297. The number of hydrogen-bond donors (Lipinski definition) is 0. The Bertz CT molecular complexity index is 881. The van der Waals surface area contributed by atoms with Crippen LogP contribution in [0.25, 0.3) is 0 Å². The van der Waals surface area contributed by atoms with Gasteiger partial charge in [-0.15, -0.1) is 0 Å². The molecule has 0 aliphatic carbocycles. The first-order valence-corrected chi connectivity index (χ1v) is 9.92. The van der Waals surface area contributed by atoms with E-state index < -0.39 is 0 Å². The second-order valence-electron chi connectivity index (χ2n) is 7.34. The molecular weight excluding hydrogens is 376 g/mol. The van der Waals surface area contributed by atoms with Crippen LogP contribution in [0.4, 0.5) is 11.5 Å². The number of pyridine rings is 1. The van der Waals surface area contributed by atoms with E-state index in [1.54, 1.807) is 17.2 Å². The predicted molar refractivity (Wildman–Crippen MR) is 110 cm³/mol. The number of aromatic nitrogens is 1. The summed E-state index contributed by atoms with van der Waals surface area (Å²) in [7, 11) is 0. The molecule has 7 heteroatoms. The van der Waals surface area contributed by atoms with E-state index in [1.807, 2.05) is 42.2 Å². The Kier molecular flexibility index (Phi) is 5.22. The number of nitrogens with zero attached hydrogens (tertiary/aromatic N) is 4.